The van der Waals surface area contributed by atoms with Crippen LogP contribution < -0.4 is 4.72 Å². The number of benzene rings is 2. The Hall–Kier alpha value is -3.13. The summed E-state index contributed by atoms with van der Waals surface area (Å²) in [4.78, 5) is 28.2. The van der Waals surface area contributed by atoms with Crippen molar-refractivity contribution in [3.8, 4) is 0 Å². The quantitative estimate of drug-likeness (QED) is 0.500. The van der Waals surface area contributed by atoms with E-state index in [0.717, 1.165) is 17.2 Å². The second-order valence-corrected chi connectivity index (χ2v) is 7.83. The minimum absolute atomic E-state index is 0.0292. The van der Waals surface area contributed by atoms with Crippen molar-refractivity contribution in [1.29, 1.82) is 0 Å². The van der Waals surface area contributed by atoms with Crippen LogP contribution >= 0.6 is 0 Å². The first-order valence-corrected chi connectivity index (χ1v) is 10.0. The Morgan fingerprint density at radius 2 is 1.70 bits per heavy atom. The lowest BCUT2D eigenvalue weighted by Crippen LogP contribution is -2.25. The smallest absolute Gasteiger partial charge is 0.340 e. The number of para-hydroxylation sites is 2. The first kappa shape index (κ1) is 18.7. The van der Waals surface area contributed by atoms with Gasteiger partial charge in [0.15, 0.2) is 6.10 Å². The van der Waals surface area contributed by atoms with Crippen molar-refractivity contribution in [1.82, 2.24) is 4.98 Å². The monoisotopic (exact) mass is 386 g/mol. The number of anilines is 1. The molecule has 0 amide bonds. The van der Waals surface area contributed by atoms with E-state index in [4.69, 9.17) is 4.74 Å². The zero-order valence-electron chi connectivity index (χ0n) is 14.7. The van der Waals surface area contributed by atoms with Crippen molar-refractivity contribution in [2.24, 2.45) is 0 Å². The molecule has 0 spiro atoms. The van der Waals surface area contributed by atoms with Crippen LogP contribution in [-0.4, -0.2) is 37.5 Å². The number of ether oxygens (including phenoxy) is 1. The second-order valence-electron chi connectivity index (χ2n) is 6.08. The first-order chi connectivity index (χ1) is 12.8. The second kappa shape index (κ2) is 7.24. The number of hydrogen-bond donors (Lipinski definition) is 2. The molecular weight excluding hydrogens is 368 g/mol. The fraction of sp³-hybridized carbons (Fsp3) is 0.158. The van der Waals surface area contributed by atoms with E-state index in [-0.39, 0.29) is 17.0 Å². The number of H-pyrrole nitrogens is 1. The minimum Gasteiger partial charge on any atom is -0.451 e. The van der Waals surface area contributed by atoms with E-state index in [2.05, 4.69) is 9.71 Å². The molecule has 7 nitrogen and oxygen atoms in total. The molecule has 0 aliphatic rings. The fourth-order valence-electron chi connectivity index (χ4n) is 2.72. The summed E-state index contributed by atoms with van der Waals surface area (Å²) in [6.07, 6.45) is 1.53. The van der Waals surface area contributed by atoms with Crippen LogP contribution in [0.2, 0.25) is 0 Å². The third-order valence-electron chi connectivity index (χ3n) is 3.95. The number of aromatic nitrogens is 1. The number of hydrogen-bond acceptors (Lipinski definition) is 5. The van der Waals surface area contributed by atoms with E-state index in [1.54, 1.807) is 24.4 Å². The zero-order chi connectivity index (χ0) is 19.6. The van der Waals surface area contributed by atoms with Gasteiger partial charge in [-0.2, -0.15) is 0 Å². The standard InChI is InChI=1S/C19H18N2O5S/c1-12(18(22)15-11-20-16-9-5-3-7-13(15)16)26-19(23)14-8-4-6-10-17(14)21-27(2,24)25/h3-12,20-21H,1-2H3. The predicted octanol–water partition coefficient (Wildman–Crippen LogP) is 2.97. The summed E-state index contributed by atoms with van der Waals surface area (Å²) in [5.74, 6) is -1.14. The van der Waals surface area contributed by atoms with Crippen molar-refractivity contribution in [3.63, 3.8) is 0 Å². The van der Waals surface area contributed by atoms with Gasteiger partial charge in [-0.05, 0) is 25.1 Å². The molecule has 3 aromatic rings. The molecule has 1 aromatic heterocycles. The van der Waals surface area contributed by atoms with Crippen LogP contribution in [0.5, 0.6) is 0 Å². The van der Waals surface area contributed by atoms with E-state index in [1.807, 2.05) is 18.2 Å². The molecule has 0 radical (unpaired) electrons. The van der Waals surface area contributed by atoms with Gasteiger partial charge in [0.25, 0.3) is 0 Å². The molecule has 8 heteroatoms. The molecule has 27 heavy (non-hydrogen) atoms. The SMILES string of the molecule is CC(OC(=O)c1ccccc1NS(C)(=O)=O)C(=O)c1c[nH]c2ccccc12. The number of carbonyl (C=O) groups excluding carboxylic acids is 2. The number of esters is 1. The van der Waals surface area contributed by atoms with E-state index in [0.29, 0.717) is 5.56 Å². The topological polar surface area (TPSA) is 105 Å². The molecule has 0 saturated carbocycles. The highest BCUT2D eigenvalue weighted by Crippen LogP contribution is 2.22. The zero-order valence-corrected chi connectivity index (χ0v) is 15.5. The Morgan fingerprint density at radius 3 is 2.44 bits per heavy atom. The van der Waals surface area contributed by atoms with Crippen molar-refractivity contribution in [2.45, 2.75) is 13.0 Å². The molecule has 1 atom stereocenters. The van der Waals surface area contributed by atoms with Gasteiger partial charge in [0, 0.05) is 22.7 Å². The molecule has 0 fully saturated rings. The highest BCUT2D eigenvalue weighted by atomic mass is 32.2. The van der Waals surface area contributed by atoms with E-state index < -0.39 is 22.1 Å². The van der Waals surface area contributed by atoms with Crippen LogP contribution in [0.1, 0.15) is 27.6 Å². The number of carbonyl (C=O) groups is 2. The van der Waals surface area contributed by atoms with E-state index in [9.17, 15) is 18.0 Å². The van der Waals surface area contributed by atoms with Crippen molar-refractivity contribution in [2.75, 3.05) is 11.0 Å². The summed E-state index contributed by atoms with van der Waals surface area (Å²) in [5, 5.41) is 0.740. The van der Waals surface area contributed by atoms with Gasteiger partial charge in [0.05, 0.1) is 17.5 Å². The molecule has 0 aliphatic carbocycles. The van der Waals surface area contributed by atoms with Crippen LogP contribution in [0.3, 0.4) is 0 Å². The van der Waals surface area contributed by atoms with Crippen molar-refractivity contribution >= 4 is 38.4 Å². The number of rotatable bonds is 6. The number of nitrogens with one attached hydrogen (secondary N) is 2. The maximum Gasteiger partial charge on any atom is 0.340 e. The average Bonchev–Trinajstić information content (AvgIpc) is 3.04. The Morgan fingerprint density at radius 1 is 1.04 bits per heavy atom. The maximum absolute atomic E-state index is 12.7. The third-order valence-corrected chi connectivity index (χ3v) is 4.54. The van der Waals surface area contributed by atoms with Gasteiger partial charge in [-0.1, -0.05) is 30.3 Å². The molecule has 1 unspecified atom stereocenters. The van der Waals surface area contributed by atoms with Gasteiger partial charge in [0.1, 0.15) is 0 Å². The van der Waals surface area contributed by atoms with Gasteiger partial charge >= 0.3 is 5.97 Å². The molecule has 0 saturated heterocycles. The summed E-state index contributed by atoms with van der Waals surface area (Å²) in [6, 6.07) is 13.4. The fourth-order valence-corrected chi connectivity index (χ4v) is 3.30. The Kier molecular flexibility index (Phi) is 5.00. The molecule has 140 valence electrons. The van der Waals surface area contributed by atoms with Crippen LogP contribution in [0.25, 0.3) is 10.9 Å². The number of sulfonamides is 1. The Bertz CT molecular complexity index is 1120. The third kappa shape index (κ3) is 4.17. The van der Waals surface area contributed by atoms with Crippen molar-refractivity contribution in [3.05, 3.63) is 65.9 Å². The Balaban J connectivity index is 1.81. The lowest BCUT2D eigenvalue weighted by molar-refractivity contribution is 0.0320. The highest BCUT2D eigenvalue weighted by Gasteiger charge is 2.24. The van der Waals surface area contributed by atoms with E-state index in [1.165, 1.54) is 19.1 Å². The molecule has 2 aromatic carbocycles. The predicted molar refractivity (Wildman–Crippen MR) is 102 cm³/mol. The number of ketones is 1. The summed E-state index contributed by atoms with van der Waals surface area (Å²) >= 11 is 0. The van der Waals surface area contributed by atoms with Gasteiger partial charge in [0.2, 0.25) is 15.8 Å². The molecule has 3 rings (SSSR count). The normalized spacial score (nSPS) is 12.5. The number of aromatic amines is 1. The number of Topliss-reactive ketones (excluding diaryl/α,β-unsaturated/α-hetero) is 1. The van der Waals surface area contributed by atoms with Crippen LogP contribution in [0.15, 0.2) is 54.7 Å². The van der Waals surface area contributed by atoms with Gasteiger partial charge in [-0.3, -0.25) is 9.52 Å². The molecule has 2 N–H and O–H groups in total. The molecular formula is C19H18N2O5S. The van der Waals surface area contributed by atoms with E-state index >= 15 is 0 Å². The summed E-state index contributed by atoms with van der Waals surface area (Å²) < 4.78 is 30.5. The van der Waals surface area contributed by atoms with Gasteiger partial charge < -0.3 is 9.72 Å². The lowest BCUT2D eigenvalue weighted by atomic mass is 10.1. The minimum atomic E-state index is -3.57. The van der Waals surface area contributed by atoms with Gasteiger partial charge in [-0.15, -0.1) is 0 Å². The average molecular weight is 386 g/mol. The maximum atomic E-state index is 12.7. The molecule has 0 bridgehead atoms. The largest absolute Gasteiger partial charge is 0.451 e. The highest BCUT2D eigenvalue weighted by molar-refractivity contribution is 7.92. The summed E-state index contributed by atoms with van der Waals surface area (Å²) in [7, 11) is -3.57. The Labute approximate surface area is 156 Å². The molecule has 0 aliphatic heterocycles. The number of fused-ring (bicyclic) bond motifs is 1. The lowest BCUT2D eigenvalue weighted by Gasteiger charge is -2.14. The first-order valence-electron chi connectivity index (χ1n) is 8.14. The van der Waals surface area contributed by atoms with Crippen LogP contribution in [-0.2, 0) is 14.8 Å². The molecule has 1 heterocycles. The van der Waals surface area contributed by atoms with Crippen LogP contribution in [0, 0.1) is 0 Å². The summed E-state index contributed by atoms with van der Waals surface area (Å²) in [5.41, 5.74) is 1.36. The van der Waals surface area contributed by atoms with Crippen molar-refractivity contribution < 1.29 is 22.7 Å². The van der Waals surface area contributed by atoms with Crippen LogP contribution in [0.4, 0.5) is 5.69 Å². The van der Waals surface area contributed by atoms with Gasteiger partial charge in [-0.25, -0.2) is 13.2 Å². The summed E-state index contributed by atoms with van der Waals surface area (Å²) in [6.45, 7) is 1.48.